The zero-order valence-corrected chi connectivity index (χ0v) is 8.98. The molecule has 0 aromatic heterocycles. The lowest BCUT2D eigenvalue weighted by molar-refractivity contribution is 0.699. The lowest BCUT2D eigenvalue weighted by Crippen LogP contribution is -2.44. The van der Waals surface area contributed by atoms with Gasteiger partial charge in [0, 0.05) is 0 Å². The molecule has 0 saturated heterocycles. The molecule has 0 spiro atoms. The molecule has 0 aliphatic carbocycles. The molecule has 86 valence electrons. The van der Waals surface area contributed by atoms with Crippen LogP contribution in [-0.2, 0) is 0 Å². The zero-order chi connectivity index (χ0) is 12.3. The van der Waals surface area contributed by atoms with Crippen molar-refractivity contribution in [3.63, 3.8) is 0 Å². The summed E-state index contributed by atoms with van der Waals surface area (Å²) in [5, 5.41) is 0. The second-order valence-electron chi connectivity index (χ2n) is 3.65. The van der Waals surface area contributed by atoms with Crippen LogP contribution in [0, 0.1) is 0 Å². The first kappa shape index (κ1) is 12.1. The van der Waals surface area contributed by atoms with E-state index >= 15 is 0 Å². The third kappa shape index (κ3) is 2.75. The van der Waals surface area contributed by atoms with E-state index in [2.05, 4.69) is 6.58 Å². The van der Waals surface area contributed by atoms with Gasteiger partial charge in [-0.25, -0.2) is 0 Å². The van der Waals surface area contributed by atoms with Crippen LogP contribution < -0.4 is 28.7 Å². The molecule has 1 rings (SSSR count). The first-order valence-corrected chi connectivity index (χ1v) is 4.71. The van der Waals surface area contributed by atoms with Gasteiger partial charge in [0.1, 0.15) is 5.66 Å². The van der Waals surface area contributed by atoms with Crippen LogP contribution in [-0.4, -0.2) is 5.66 Å². The lowest BCUT2D eigenvalue weighted by atomic mass is 10.1. The standard InChI is InChI=1S/C11H17N5/c1-2-11(15,16)4-3-7-5-8(12)10(14)9(13)6-7/h2-6H,1,12-16H2/b4-3+. The Morgan fingerprint density at radius 1 is 1.06 bits per heavy atom. The monoisotopic (exact) mass is 219 g/mol. The van der Waals surface area contributed by atoms with Gasteiger partial charge < -0.3 is 28.7 Å². The van der Waals surface area contributed by atoms with Crippen molar-refractivity contribution in [2.24, 2.45) is 11.5 Å². The molecule has 0 heterocycles. The topological polar surface area (TPSA) is 130 Å². The molecular formula is C11H17N5. The highest BCUT2D eigenvalue weighted by Crippen LogP contribution is 2.25. The fourth-order valence-corrected chi connectivity index (χ4v) is 1.13. The number of hydrogen-bond acceptors (Lipinski definition) is 5. The third-order valence-electron chi connectivity index (χ3n) is 2.18. The Hall–Kier alpha value is -1.98. The summed E-state index contributed by atoms with van der Waals surface area (Å²) in [5.74, 6) is 0. The number of anilines is 3. The van der Waals surface area contributed by atoms with E-state index in [1.54, 1.807) is 24.3 Å². The zero-order valence-electron chi connectivity index (χ0n) is 8.98. The highest BCUT2D eigenvalue weighted by atomic mass is 14.9. The Labute approximate surface area is 94.6 Å². The minimum Gasteiger partial charge on any atom is -0.397 e. The van der Waals surface area contributed by atoms with E-state index in [1.165, 1.54) is 6.08 Å². The van der Waals surface area contributed by atoms with Crippen LogP contribution in [0.25, 0.3) is 6.08 Å². The van der Waals surface area contributed by atoms with Gasteiger partial charge in [-0.1, -0.05) is 18.7 Å². The SMILES string of the molecule is C=CC(N)(N)/C=C/c1cc(N)c(N)c(N)c1. The van der Waals surface area contributed by atoms with Crippen molar-refractivity contribution in [3.8, 4) is 0 Å². The van der Waals surface area contributed by atoms with Crippen LogP contribution in [0.15, 0.2) is 30.9 Å². The van der Waals surface area contributed by atoms with E-state index in [4.69, 9.17) is 28.7 Å². The second kappa shape index (κ2) is 4.26. The molecule has 0 aliphatic heterocycles. The minimum atomic E-state index is -1.05. The van der Waals surface area contributed by atoms with Gasteiger partial charge in [0.15, 0.2) is 0 Å². The van der Waals surface area contributed by atoms with Gasteiger partial charge in [0.05, 0.1) is 17.1 Å². The van der Waals surface area contributed by atoms with E-state index in [9.17, 15) is 0 Å². The molecule has 0 fully saturated rings. The number of rotatable bonds is 3. The van der Waals surface area contributed by atoms with Crippen LogP contribution in [0.2, 0.25) is 0 Å². The summed E-state index contributed by atoms with van der Waals surface area (Å²) in [4.78, 5) is 0. The first-order chi connectivity index (χ1) is 7.35. The van der Waals surface area contributed by atoms with Gasteiger partial charge in [-0.2, -0.15) is 0 Å². The summed E-state index contributed by atoms with van der Waals surface area (Å²) in [6, 6.07) is 3.39. The summed E-state index contributed by atoms with van der Waals surface area (Å²) < 4.78 is 0. The van der Waals surface area contributed by atoms with Crippen molar-refractivity contribution in [1.29, 1.82) is 0 Å². The third-order valence-corrected chi connectivity index (χ3v) is 2.18. The van der Waals surface area contributed by atoms with Crippen LogP contribution in [0.3, 0.4) is 0 Å². The van der Waals surface area contributed by atoms with Crippen molar-refractivity contribution >= 4 is 23.1 Å². The molecule has 0 unspecified atom stereocenters. The number of benzene rings is 1. The Bertz CT molecular complexity index is 411. The van der Waals surface area contributed by atoms with Gasteiger partial charge in [-0.05, 0) is 23.8 Å². The van der Waals surface area contributed by atoms with Crippen LogP contribution >= 0.6 is 0 Å². The van der Waals surface area contributed by atoms with Gasteiger partial charge in [0.2, 0.25) is 0 Å². The quantitative estimate of drug-likeness (QED) is 0.282. The fraction of sp³-hybridized carbons (Fsp3) is 0.0909. The molecule has 16 heavy (non-hydrogen) atoms. The fourth-order valence-electron chi connectivity index (χ4n) is 1.13. The summed E-state index contributed by atoms with van der Waals surface area (Å²) in [6.07, 6.45) is 4.76. The first-order valence-electron chi connectivity index (χ1n) is 4.71. The van der Waals surface area contributed by atoms with Crippen molar-refractivity contribution in [2.75, 3.05) is 17.2 Å². The summed E-state index contributed by atoms with van der Waals surface area (Å²) in [5.41, 5.74) is 29.2. The normalized spacial score (nSPS) is 11.9. The average molecular weight is 219 g/mol. The summed E-state index contributed by atoms with van der Waals surface area (Å²) in [6.45, 7) is 3.52. The smallest absolute Gasteiger partial charge is 0.102 e. The van der Waals surface area contributed by atoms with Gasteiger partial charge in [-0.15, -0.1) is 0 Å². The molecule has 0 atom stereocenters. The highest BCUT2D eigenvalue weighted by molar-refractivity contribution is 5.80. The van der Waals surface area contributed by atoms with Crippen molar-refractivity contribution in [1.82, 2.24) is 0 Å². The van der Waals surface area contributed by atoms with Crippen molar-refractivity contribution < 1.29 is 0 Å². The predicted molar refractivity (Wildman–Crippen MR) is 70.0 cm³/mol. The molecule has 10 N–H and O–H groups in total. The maximum Gasteiger partial charge on any atom is 0.102 e. The molecule has 5 nitrogen and oxygen atoms in total. The number of nitrogen functional groups attached to an aromatic ring is 3. The molecule has 0 saturated carbocycles. The van der Waals surface area contributed by atoms with Gasteiger partial charge in [0.25, 0.3) is 0 Å². The number of nitrogens with two attached hydrogens (primary N) is 5. The van der Waals surface area contributed by atoms with Crippen molar-refractivity contribution in [3.05, 3.63) is 36.4 Å². The molecule has 0 bridgehead atoms. The largest absolute Gasteiger partial charge is 0.397 e. The van der Waals surface area contributed by atoms with Gasteiger partial charge >= 0.3 is 0 Å². The van der Waals surface area contributed by atoms with E-state index in [0.29, 0.717) is 17.1 Å². The molecular weight excluding hydrogens is 202 g/mol. The lowest BCUT2D eigenvalue weighted by Gasteiger charge is -2.14. The van der Waals surface area contributed by atoms with E-state index in [0.717, 1.165) is 5.56 Å². The maximum atomic E-state index is 5.67. The van der Waals surface area contributed by atoms with Crippen LogP contribution in [0.4, 0.5) is 17.1 Å². The molecule has 5 heteroatoms. The molecule has 0 aliphatic rings. The molecule has 1 aromatic rings. The highest BCUT2D eigenvalue weighted by Gasteiger charge is 2.08. The van der Waals surface area contributed by atoms with Crippen LogP contribution in [0.5, 0.6) is 0 Å². The summed E-state index contributed by atoms with van der Waals surface area (Å²) >= 11 is 0. The average Bonchev–Trinajstić information content (AvgIpc) is 2.23. The Morgan fingerprint density at radius 2 is 1.56 bits per heavy atom. The second-order valence-corrected chi connectivity index (χ2v) is 3.65. The Morgan fingerprint density at radius 3 is 2.00 bits per heavy atom. The number of hydrogen-bond donors (Lipinski definition) is 5. The minimum absolute atomic E-state index is 0.382. The van der Waals surface area contributed by atoms with E-state index in [1.807, 2.05) is 0 Å². The van der Waals surface area contributed by atoms with E-state index < -0.39 is 5.66 Å². The van der Waals surface area contributed by atoms with Crippen molar-refractivity contribution in [2.45, 2.75) is 5.66 Å². The molecule has 0 amide bonds. The predicted octanol–water partition coefficient (Wildman–Crippen LogP) is 0.246. The Kier molecular flexibility index (Phi) is 3.22. The Balaban J connectivity index is 3.04. The maximum absolute atomic E-state index is 5.67. The molecule has 1 aromatic carbocycles. The van der Waals surface area contributed by atoms with Crippen LogP contribution in [0.1, 0.15) is 5.56 Å². The summed E-state index contributed by atoms with van der Waals surface area (Å²) in [7, 11) is 0. The van der Waals surface area contributed by atoms with Gasteiger partial charge in [-0.3, -0.25) is 0 Å². The van der Waals surface area contributed by atoms with E-state index in [-0.39, 0.29) is 0 Å². The molecule has 0 radical (unpaired) electrons.